The molecule has 0 saturated carbocycles. The second-order valence-electron chi connectivity index (χ2n) is 6.88. The van der Waals surface area contributed by atoms with E-state index in [2.05, 4.69) is 21.1 Å². The molecule has 2 aliphatic heterocycles. The van der Waals surface area contributed by atoms with Gasteiger partial charge in [-0.3, -0.25) is 4.79 Å². The molecule has 132 valence electrons. The monoisotopic (exact) mass is 341 g/mol. The Kier molecular flexibility index (Phi) is 4.11. The molecule has 0 saturated heterocycles. The van der Waals surface area contributed by atoms with Gasteiger partial charge >= 0.3 is 0 Å². The molecule has 25 heavy (non-hydrogen) atoms. The van der Waals surface area contributed by atoms with Crippen LogP contribution in [0.3, 0.4) is 0 Å². The Morgan fingerprint density at radius 3 is 3.16 bits per heavy atom. The van der Waals surface area contributed by atoms with Gasteiger partial charge in [0.15, 0.2) is 0 Å². The number of ether oxygens (including phenoxy) is 2. The number of hydrogen-bond acceptors (Lipinski definition) is 4. The Balaban J connectivity index is 1.39. The first-order chi connectivity index (χ1) is 12.1. The third-order valence-corrected chi connectivity index (χ3v) is 5.01. The SMILES string of the molecule is COc1ccc2c(c1)OCC(C(=O)NC1CCc3nc(C)cn3C1)C2. The zero-order chi connectivity index (χ0) is 17.4. The topological polar surface area (TPSA) is 65.4 Å². The number of hydrogen-bond donors (Lipinski definition) is 1. The van der Waals surface area contributed by atoms with Crippen LogP contribution in [0.25, 0.3) is 0 Å². The molecule has 1 amide bonds. The van der Waals surface area contributed by atoms with Crippen LogP contribution in [0.2, 0.25) is 0 Å². The van der Waals surface area contributed by atoms with Crippen molar-refractivity contribution in [1.82, 2.24) is 14.9 Å². The van der Waals surface area contributed by atoms with Gasteiger partial charge in [-0.2, -0.15) is 0 Å². The predicted octanol–water partition coefficient (Wildman–Crippen LogP) is 1.88. The van der Waals surface area contributed by atoms with Crippen LogP contribution in [0.15, 0.2) is 24.4 Å². The van der Waals surface area contributed by atoms with E-state index in [-0.39, 0.29) is 17.9 Å². The molecule has 1 aromatic carbocycles. The quantitative estimate of drug-likeness (QED) is 0.926. The highest BCUT2D eigenvalue weighted by Crippen LogP contribution is 2.31. The van der Waals surface area contributed by atoms with Gasteiger partial charge in [0.05, 0.1) is 18.7 Å². The van der Waals surface area contributed by atoms with Crippen LogP contribution in [-0.4, -0.2) is 35.2 Å². The van der Waals surface area contributed by atoms with Crippen molar-refractivity contribution < 1.29 is 14.3 Å². The Labute approximate surface area is 147 Å². The summed E-state index contributed by atoms with van der Waals surface area (Å²) in [5.74, 6) is 2.64. The highest BCUT2D eigenvalue weighted by atomic mass is 16.5. The highest BCUT2D eigenvalue weighted by Gasteiger charge is 2.29. The number of nitrogens with one attached hydrogen (secondary N) is 1. The number of aromatic nitrogens is 2. The third-order valence-electron chi connectivity index (χ3n) is 5.01. The molecule has 0 fully saturated rings. The number of amides is 1. The van der Waals surface area contributed by atoms with E-state index in [0.717, 1.165) is 48.0 Å². The van der Waals surface area contributed by atoms with E-state index in [9.17, 15) is 4.79 Å². The highest BCUT2D eigenvalue weighted by molar-refractivity contribution is 5.80. The number of rotatable bonds is 3. The molecular formula is C19H23N3O3. The van der Waals surface area contributed by atoms with Crippen molar-refractivity contribution in [2.75, 3.05) is 13.7 Å². The number of nitrogens with zero attached hydrogens (tertiary/aromatic N) is 2. The maximum atomic E-state index is 12.7. The van der Waals surface area contributed by atoms with E-state index in [1.54, 1.807) is 7.11 Å². The Hall–Kier alpha value is -2.50. The molecule has 0 radical (unpaired) electrons. The lowest BCUT2D eigenvalue weighted by atomic mass is 9.95. The minimum atomic E-state index is -0.146. The first-order valence-electron chi connectivity index (χ1n) is 8.75. The number of methoxy groups -OCH3 is 1. The van der Waals surface area contributed by atoms with Crippen molar-refractivity contribution >= 4 is 5.91 Å². The summed E-state index contributed by atoms with van der Waals surface area (Å²) in [5.41, 5.74) is 2.10. The van der Waals surface area contributed by atoms with E-state index in [1.165, 1.54) is 0 Å². The van der Waals surface area contributed by atoms with Crippen LogP contribution in [-0.2, 0) is 24.2 Å². The van der Waals surface area contributed by atoms with E-state index < -0.39 is 0 Å². The molecule has 2 aromatic rings. The second-order valence-corrected chi connectivity index (χ2v) is 6.88. The normalized spacial score (nSPS) is 21.7. The van der Waals surface area contributed by atoms with Crippen molar-refractivity contribution in [2.45, 2.75) is 38.8 Å². The summed E-state index contributed by atoms with van der Waals surface area (Å²) in [4.78, 5) is 17.2. The molecule has 0 bridgehead atoms. The number of fused-ring (bicyclic) bond motifs is 2. The molecule has 4 rings (SSSR count). The summed E-state index contributed by atoms with van der Waals surface area (Å²) in [6, 6.07) is 5.93. The van der Waals surface area contributed by atoms with E-state index in [4.69, 9.17) is 9.47 Å². The molecule has 2 atom stereocenters. The lowest BCUT2D eigenvalue weighted by Gasteiger charge is -2.29. The summed E-state index contributed by atoms with van der Waals surface area (Å²) in [7, 11) is 1.64. The molecule has 2 aliphatic rings. The third kappa shape index (κ3) is 3.21. The fraction of sp³-hybridized carbons (Fsp3) is 0.474. The van der Waals surface area contributed by atoms with Crippen LogP contribution < -0.4 is 14.8 Å². The van der Waals surface area contributed by atoms with Crippen molar-refractivity contribution in [2.24, 2.45) is 5.92 Å². The first kappa shape index (κ1) is 16.0. The fourth-order valence-corrected chi connectivity index (χ4v) is 3.67. The minimum Gasteiger partial charge on any atom is -0.497 e. The van der Waals surface area contributed by atoms with E-state index in [1.807, 2.05) is 25.1 Å². The molecule has 2 unspecified atom stereocenters. The molecule has 6 heteroatoms. The summed E-state index contributed by atoms with van der Waals surface area (Å²) in [5, 5.41) is 3.20. The zero-order valence-electron chi connectivity index (χ0n) is 14.6. The molecule has 6 nitrogen and oxygen atoms in total. The van der Waals surface area contributed by atoms with Gasteiger partial charge in [0.2, 0.25) is 5.91 Å². The summed E-state index contributed by atoms with van der Waals surface area (Å²) in [6.45, 7) is 3.21. The summed E-state index contributed by atoms with van der Waals surface area (Å²) in [6.07, 6.45) is 4.60. The lowest BCUT2D eigenvalue weighted by molar-refractivity contribution is -0.127. The van der Waals surface area contributed by atoms with Gasteiger partial charge in [0.25, 0.3) is 0 Å². The predicted molar refractivity (Wildman–Crippen MR) is 92.9 cm³/mol. The van der Waals surface area contributed by atoms with Crippen LogP contribution in [0, 0.1) is 12.8 Å². The van der Waals surface area contributed by atoms with Gasteiger partial charge in [-0.15, -0.1) is 0 Å². The van der Waals surface area contributed by atoms with Crippen molar-refractivity contribution in [3.8, 4) is 11.5 Å². The van der Waals surface area contributed by atoms with Crippen LogP contribution in [0.4, 0.5) is 0 Å². The van der Waals surface area contributed by atoms with Gasteiger partial charge in [-0.1, -0.05) is 6.07 Å². The van der Waals surface area contributed by atoms with Crippen molar-refractivity contribution in [3.05, 3.63) is 41.5 Å². The number of imidazole rings is 1. The largest absolute Gasteiger partial charge is 0.497 e. The van der Waals surface area contributed by atoms with Gasteiger partial charge in [0.1, 0.15) is 23.9 Å². The fourth-order valence-electron chi connectivity index (χ4n) is 3.67. The molecule has 1 N–H and O–H groups in total. The molecule has 3 heterocycles. The van der Waals surface area contributed by atoms with Crippen LogP contribution in [0.1, 0.15) is 23.5 Å². The lowest BCUT2D eigenvalue weighted by Crippen LogP contribution is -2.46. The number of aryl methyl sites for hydroxylation is 2. The number of carbonyl (C=O) groups is 1. The van der Waals surface area contributed by atoms with Gasteiger partial charge in [-0.05, 0) is 31.4 Å². The maximum Gasteiger partial charge on any atom is 0.227 e. The minimum absolute atomic E-state index is 0.0757. The Bertz CT molecular complexity index is 799. The molecule has 1 aromatic heterocycles. The Morgan fingerprint density at radius 1 is 1.44 bits per heavy atom. The van der Waals surface area contributed by atoms with Gasteiger partial charge in [0, 0.05) is 31.3 Å². The van der Waals surface area contributed by atoms with E-state index >= 15 is 0 Å². The second kappa shape index (κ2) is 6.43. The molecule has 0 spiro atoms. The average molecular weight is 341 g/mol. The standard InChI is InChI=1S/C19H23N3O3/c1-12-9-22-10-15(4-6-18(22)20-12)21-19(23)14-7-13-3-5-16(24-2)8-17(13)25-11-14/h3,5,8-9,14-15H,4,6-7,10-11H2,1-2H3,(H,21,23). The number of carbonyl (C=O) groups excluding carboxylic acids is 1. The van der Waals surface area contributed by atoms with Crippen molar-refractivity contribution in [3.63, 3.8) is 0 Å². The smallest absolute Gasteiger partial charge is 0.227 e. The molecular weight excluding hydrogens is 318 g/mol. The number of benzene rings is 1. The summed E-state index contributed by atoms with van der Waals surface area (Å²) >= 11 is 0. The maximum absolute atomic E-state index is 12.7. The van der Waals surface area contributed by atoms with Gasteiger partial charge < -0.3 is 19.4 Å². The summed E-state index contributed by atoms with van der Waals surface area (Å²) < 4.78 is 13.2. The van der Waals surface area contributed by atoms with Gasteiger partial charge in [-0.25, -0.2) is 4.98 Å². The zero-order valence-corrected chi connectivity index (χ0v) is 14.6. The van der Waals surface area contributed by atoms with Crippen LogP contribution >= 0.6 is 0 Å². The average Bonchev–Trinajstić information content (AvgIpc) is 3.00. The molecule has 0 aliphatic carbocycles. The van der Waals surface area contributed by atoms with Crippen LogP contribution in [0.5, 0.6) is 11.5 Å². The van der Waals surface area contributed by atoms with E-state index in [0.29, 0.717) is 13.0 Å². The Morgan fingerprint density at radius 2 is 2.32 bits per heavy atom. The van der Waals surface area contributed by atoms with Crippen molar-refractivity contribution in [1.29, 1.82) is 0 Å². The first-order valence-corrected chi connectivity index (χ1v) is 8.75.